The molecule has 0 radical (unpaired) electrons. The number of nitrogens with one attached hydrogen (secondary N) is 1. The first-order valence-electron chi connectivity index (χ1n) is 9.98. The first-order valence-corrected chi connectivity index (χ1v) is 10.4. The molecule has 3 aromatic carbocycles. The van der Waals surface area contributed by atoms with Crippen LogP contribution >= 0.6 is 11.6 Å². The minimum atomic E-state index is -1.38. The van der Waals surface area contributed by atoms with Crippen LogP contribution in [0.5, 0.6) is 0 Å². The summed E-state index contributed by atoms with van der Waals surface area (Å²) in [5, 5.41) is 14.7. The molecule has 0 atom stereocenters. The molecule has 1 aliphatic rings. The SMILES string of the molecule is O=C([O-])c1ccccc1C(=O)Nc1ccc(N2CCN(c3cccc(Cl)c3)CC2)cc1. The van der Waals surface area contributed by atoms with Crippen molar-refractivity contribution < 1.29 is 14.7 Å². The number of carboxylic acids is 1. The number of benzene rings is 3. The van der Waals surface area contributed by atoms with Crippen molar-refractivity contribution in [2.24, 2.45) is 0 Å². The van der Waals surface area contributed by atoms with Crippen LogP contribution in [0.1, 0.15) is 20.7 Å². The number of halogens is 1. The number of hydrogen-bond acceptors (Lipinski definition) is 5. The van der Waals surface area contributed by atoms with Crippen molar-refractivity contribution in [1.29, 1.82) is 0 Å². The lowest BCUT2D eigenvalue weighted by molar-refractivity contribution is -0.255. The third kappa shape index (κ3) is 4.81. The molecule has 1 heterocycles. The number of rotatable bonds is 5. The Bertz CT molecular complexity index is 1090. The molecule has 0 unspecified atom stereocenters. The van der Waals surface area contributed by atoms with Gasteiger partial charge >= 0.3 is 0 Å². The van der Waals surface area contributed by atoms with Gasteiger partial charge in [-0.25, -0.2) is 0 Å². The molecule has 1 aliphatic heterocycles. The van der Waals surface area contributed by atoms with E-state index in [1.54, 1.807) is 12.1 Å². The van der Waals surface area contributed by atoms with E-state index in [0.717, 1.165) is 42.6 Å². The van der Waals surface area contributed by atoms with Gasteiger partial charge in [0.15, 0.2) is 0 Å². The van der Waals surface area contributed by atoms with Crippen LogP contribution in [-0.4, -0.2) is 38.1 Å². The molecule has 6 nitrogen and oxygen atoms in total. The molecule has 1 amide bonds. The monoisotopic (exact) mass is 434 g/mol. The zero-order valence-electron chi connectivity index (χ0n) is 16.8. The second-order valence-electron chi connectivity index (χ2n) is 7.29. The molecule has 0 aliphatic carbocycles. The summed E-state index contributed by atoms with van der Waals surface area (Å²) in [6.07, 6.45) is 0. The summed E-state index contributed by atoms with van der Waals surface area (Å²) in [4.78, 5) is 28.3. The summed E-state index contributed by atoms with van der Waals surface area (Å²) in [5.74, 6) is -1.86. The highest BCUT2D eigenvalue weighted by Crippen LogP contribution is 2.24. The topological polar surface area (TPSA) is 75.7 Å². The van der Waals surface area contributed by atoms with Gasteiger partial charge in [-0.2, -0.15) is 0 Å². The van der Waals surface area contributed by atoms with Crippen molar-refractivity contribution in [1.82, 2.24) is 0 Å². The van der Waals surface area contributed by atoms with Gasteiger partial charge in [-0.3, -0.25) is 4.79 Å². The predicted octanol–water partition coefficient (Wildman–Crippen LogP) is 3.28. The zero-order chi connectivity index (χ0) is 21.8. The highest BCUT2D eigenvalue weighted by Gasteiger charge is 2.18. The van der Waals surface area contributed by atoms with E-state index in [1.807, 2.05) is 42.5 Å². The lowest BCUT2D eigenvalue weighted by Crippen LogP contribution is -2.46. The number of carboxylic acid groups (broad SMARTS) is 1. The minimum Gasteiger partial charge on any atom is -0.545 e. The van der Waals surface area contributed by atoms with Crippen molar-refractivity contribution in [2.45, 2.75) is 0 Å². The number of piperazine rings is 1. The highest BCUT2D eigenvalue weighted by molar-refractivity contribution is 6.30. The van der Waals surface area contributed by atoms with Gasteiger partial charge in [-0.1, -0.05) is 35.9 Å². The van der Waals surface area contributed by atoms with Crippen molar-refractivity contribution in [3.8, 4) is 0 Å². The average Bonchev–Trinajstić information content (AvgIpc) is 2.79. The molecule has 0 spiro atoms. The Morgan fingerprint density at radius 2 is 1.39 bits per heavy atom. The minimum absolute atomic E-state index is 0.0729. The van der Waals surface area contributed by atoms with Gasteiger partial charge in [0, 0.05) is 59.4 Å². The lowest BCUT2D eigenvalue weighted by atomic mass is 10.1. The molecule has 158 valence electrons. The first kappa shape index (κ1) is 20.8. The maximum atomic E-state index is 12.5. The smallest absolute Gasteiger partial charge is 0.256 e. The van der Waals surface area contributed by atoms with Gasteiger partial charge in [0.2, 0.25) is 0 Å². The van der Waals surface area contributed by atoms with Gasteiger partial charge in [-0.15, -0.1) is 0 Å². The largest absolute Gasteiger partial charge is 0.545 e. The number of carbonyl (C=O) groups excluding carboxylic acids is 2. The predicted molar refractivity (Wildman–Crippen MR) is 121 cm³/mol. The summed E-state index contributed by atoms with van der Waals surface area (Å²) in [6, 6.07) is 21.4. The molecule has 3 aromatic rings. The van der Waals surface area contributed by atoms with Crippen molar-refractivity contribution in [3.05, 3.63) is 88.9 Å². The fourth-order valence-electron chi connectivity index (χ4n) is 3.71. The van der Waals surface area contributed by atoms with Crippen LogP contribution in [0.4, 0.5) is 17.1 Å². The molecule has 1 fully saturated rings. The number of nitrogens with zero attached hydrogens (tertiary/aromatic N) is 2. The van der Waals surface area contributed by atoms with E-state index in [4.69, 9.17) is 11.6 Å². The fourth-order valence-corrected chi connectivity index (χ4v) is 3.89. The summed E-state index contributed by atoms with van der Waals surface area (Å²) < 4.78 is 0. The molecule has 7 heteroatoms. The summed E-state index contributed by atoms with van der Waals surface area (Å²) >= 11 is 6.10. The second-order valence-corrected chi connectivity index (χ2v) is 7.72. The molecule has 31 heavy (non-hydrogen) atoms. The van der Waals surface area contributed by atoms with Crippen LogP contribution in [0.2, 0.25) is 5.02 Å². The van der Waals surface area contributed by atoms with Crippen LogP contribution < -0.4 is 20.2 Å². The Balaban J connectivity index is 1.38. The van der Waals surface area contributed by atoms with Crippen LogP contribution in [0, 0.1) is 0 Å². The Kier molecular flexibility index (Phi) is 6.09. The van der Waals surface area contributed by atoms with E-state index in [2.05, 4.69) is 21.2 Å². The molecule has 1 saturated heterocycles. The standard InChI is InChI=1S/C24H22ClN3O3/c25-17-4-3-5-20(16-17)28-14-12-27(13-15-28)19-10-8-18(9-11-19)26-23(29)21-6-1-2-7-22(21)24(30)31/h1-11,16H,12-15H2,(H,26,29)(H,30,31)/p-1. The van der Waals surface area contributed by atoms with Crippen molar-refractivity contribution >= 4 is 40.5 Å². The maximum Gasteiger partial charge on any atom is 0.256 e. The lowest BCUT2D eigenvalue weighted by Gasteiger charge is -2.37. The number of hydrogen-bond donors (Lipinski definition) is 1. The van der Waals surface area contributed by atoms with E-state index >= 15 is 0 Å². The number of amides is 1. The van der Waals surface area contributed by atoms with Crippen LogP contribution in [0.15, 0.2) is 72.8 Å². The Morgan fingerprint density at radius 1 is 0.774 bits per heavy atom. The maximum absolute atomic E-state index is 12.5. The Labute approximate surface area is 185 Å². The van der Waals surface area contributed by atoms with Gasteiger partial charge in [0.25, 0.3) is 5.91 Å². The van der Waals surface area contributed by atoms with E-state index in [-0.39, 0.29) is 11.1 Å². The Morgan fingerprint density at radius 3 is 2.00 bits per heavy atom. The zero-order valence-corrected chi connectivity index (χ0v) is 17.5. The summed E-state index contributed by atoms with van der Waals surface area (Å²) in [5.41, 5.74) is 2.73. The fraction of sp³-hybridized carbons (Fsp3) is 0.167. The van der Waals surface area contributed by atoms with E-state index in [9.17, 15) is 14.7 Å². The normalized spacial score (nSPS) is 13.7. The van der Waals surface area contributed by atoms with E-state index in [0.29, 0.717) is 5.69 Å². The number of aromatic carboxylic acids is 1. The second kappa shape index (κ2) is 9.10. The molecule has 0 aromatic heterocycles. The third-order valence-electron chi connectivity index (χ3n) is 5.33. The molecule has 0 saturated carbocycles. The number of carbonyl (C=O) groups is 2. The third-order valence-corrected chi connectivity index (χ3v) is 5.57. The van der Waals surface area contributed by atoms with Crippen molar-refractivity contribution in [2.75, 3.05) is 41.3 Å². The highest BCUT2D eigenvalue weighted by atomic mass is 35.5. The number of anilines is 3. The molecule has 1 N–H and O–H groups in total. The van der Waals surface area contributed by atoms with Gasteiger partial charge < -0.3 is 25.0 Å². The van der Waals surface area contributed by atoms with Crippen LogP contribution in [0.3, 0.4) is 0 Å². The molecular formula is C24H21ClN3O3-. The molecule has 0 bridgehead atoms. The first-order chi connectivity index (χ1) is 15.0. The Hall–Kier alpha value is -3.51. The summed E-state index contributed by atoms with van der Waals surface area (Å²) in [7, 11) is 0. The van der Waals surface area contributed by atoms with E-state index in [1.165, 1.54) is 12.1 Å². The van der Waals surface area contributed by atoms with Crippen LogP contribution in [0.25, 0.3) is 0 Å². The van der Waals surface area contributed by atoms with Gasteiger partial charge in [-0.05, 0) is 48.5 Å². The quantitative estimate of drug-likeness (QED) is 0.667. The van der Waals surface area contributed by atoms with Crippen molar-refractivity contribution in [3.63, 3.8) is 0 Å². The summed E-state index contributed by atoms with van der Waals surface area (Å²) in [6.45, 7) is 3.52. The average molecular weight is 435 g/mol. The van der Waals surface area contributed by atoms with Gasteiger partial charge in [0.05, 0.1) is 5.97 Å². The molecular weight excluding hydrogens is 414 g/mol. The van der Waals surface area contributed by atoms with Gasteiger partial charge in [0.1, 0.15) is 0 Å². The molecule has 4 rings (SSSR count). The van der Waals surface area contributed by atoms with Crippen LogP contribution in [-0.2, 0) is 0 Å². The van der Waals surface area contributed by atoms with E-state index < -0.39 is 11.9 Å².